The molecule has 1 fully saturated rings. The molecule has 0 N–H and O–H groups in total. The first-order chi connectivity index (χ1) is 13.9. The van der Waals surface area contributed by atoms with Gasteiger partial charge >= 0.3 is 0 Å². The number of likely N-dealkylation sites (N-methyl/N-ethyl adjacent to an activating group) is 1. The van der Waals surface area contributed by atoms with Gasteiger partial charge in [0.15, 0.2) is 0 Å². The van der Waals surface area contributed by atoms with E-state index in [4.69, 9.17) is 4.74 Å². The predicted molar refractivity (Wildman–Crippen MR) is 109 cm³/mol. The highest BCUT2D eigenvalue weighted by molar-refractivity contribution is 5.94. The van der Waals surface area contributed by atoms with Crippen LogP contribution in [0.15, 0.2) is 48.5 Å². The Kier molecular flexibility index (Phi) is 6.86. The summed E-state index contributed by atoms with van der Waals surface area (Å²) in [4.78, 5) is 28.7. The SMILES string of the molecule is Cc1cccc(OCCN(C)C(=O)C2CCN(C(=O)c3ccc(F)cc3)CC2)c1. The van der Waals surface area contributed by atoms with Crippen molar-refractivity contribution in [2.24, 2.45) is 5.92 Å². The predicted octanol–water partition coefficient (Wildman–Crippen LogP) is 3.52. The van der Waals surface area contributed by atoms with Crippen molar-refractivity contribution >= 4 is 11.8 Å². The molecule has 1 aliphatic rings. The number of halogens is 1. The Hall–Kier alpha value is -2.89. The van der Waals surface area contributed by atoms with E-state index < -0.39 is 0 Å². The van der Waals surface area contributed by atoms with Crippen LogP contribution in [0.3, 0.4) is 0 Å². The van der Waals surface area contributed by atoms with E-state index in [0.717, 1.165) is 11.3 Å². The summed E-state index contributed by atoms with van der Waals surface area (Å²) in [6, 6.07) is 13.4. The van der Waals surface area contributed by atoms with Gasteiger partial charge in [-0.3, -0.25) is 9.59 Å². The number of carbonyl (C=O) groups is 2. The van der Waals surface area contributed by atoms with Crippen molar-refractivity contribution in [3.63, 3.8) is 0 Å². The second kappa shape index (κ2) is 9.54. The monoisotopic (exact) mass is 398 g/mol. The lowest BCUT2D eigenvalue weighted by Crippen LogP contribution is -2.44. The van der Waals surface area contributed by atoms with Gasteiger partial charge in [0.2, 0.25) is 5.91 Å². The second-order valence-corrected chi connectivity index (χ2v) is 7.50. The highest BCUT2D eigenvalue weighted by atomic mass is 19.1. The molecule has 0 radical (unpaired) electrons. The molecular formula is C23H27FN2O3. The lowest BCUT2D eigenvalue weighted by molar-refractivity contribution is -0.135. The van der Waals surface area contributed by atoms with E-state index in [-0.39, 0.29) is 23.5 Å². The second-order valence-electron chi connectivity index (χ2n) is 7.50. The number of ether oxygens (including phenoxy) is 1. The van der Waals surface area contributed by atoms with Crippen molar-refractivity contribution in [1.82, 2.24) is 9.80 Å². The van der Waals surface area contributed by atoms with Crippen molar-refractivity contribution in [1.29, 1.82) is 0 Å². The Morgan fingerprint density at radius 3 is 2.48 bits per heavy atom. The third-order valence-corrected chi connectivity index (χ3v) is 5.28. The van der Waals surface area contributed by atoms with Crippen molar-refractivity contribution < 1.29 is 18.7 Å². The van der Waals surface area contributed by atoms with Gasteiger partial charge in [0.05, 0.1) is 6.54 Å². The minimum atomic E-state index is -0.361. The third kappa shape index (κ3) is 5.56. The summed E-state index contributed by atoms with van der Waals surface area (Å²) < 4.78 is 18.8. The minimum Gasteiger partial charge on any atom is -0.492 e. The van der Waals surface area contributed by atoms with E-state index in [1.807, 2.05) is 31.2 Å². The van der Waals surface area contributed by atoms with Crippen molar-refractivity contribution in [2.45, 2.75) is 19.8 Å². The molecule has 5 nitrogen and oxygen atoms in total. The zero-order valence-electron chi connectivity index (χ0n) is 16.9. The van der Waals surface area contributed by atoms with Gasteiger partial charge in [0, 0.05) is 31.6 Å². The zero-order chi connectivity index (χ0) is 20.8. The fourth-order valence-electron chi connectivity index (χ4n) is 3.53. The summed E-state index contributed by atoms with van der Waals surface area (Å²) in [5.74, 6) is 0.331. The molecule has 0 unspecified atom stereocenters. The molecule has 0 aliphatic carbocycles. The molecule has 0 spiro atoms. The topological polar surface area (TPSA) is 49.9 Å². The molecule has 1 heterocycles. The summed E-state index contributed by atoms with van der Waals surface area (Å²) in [5, 5.41) is 0. The van der Waals surface area contributed by atoms with E-state index in [2.05, 4.69) is 0 Å². The Morgan fingerprint density at radius 2 is 1.83 bits per heavy atom. The number of amides is 2. The lowest BCUT2D eigenvalue weighted by atomic mass is 9.95. The summed E-state index contributed by atoms with van der Waals surface area (Å²) >= 11 is 0. The molecule has 0 bridgehead atoms. The molecule has 29 heavy (non-hydrogen) atoms. The highest BCUT2D eigenvalue weighted by Gasteiger charge is 2.29. The van der Waals surface area contributed by atoms with Crippen molar-refractivity contribution in [3.05, 3.63) is 65.5 Å². The van der Waals surface area contributed by atoms with Crippen LogP contribution in [0.1, 0.15) is 28.8 Å². The van der Waals surface area contributed by atoms with Crippen molar-refractivity contribution in [3.8, 4) is 5.75 Å². The zero-order valence-corrected chi connectivity index (χ0v) is 16.9. The summed E-state index contributed by atoms with van der Waals surface area (Å²) in [5.41, 5.74) is 1.61. The standard InChI is InChI=1S/C23H27FN2O3/c1-17-4-3-5-21(16-17)29-15-14-25(2)22(27)19-10-12-26(13-11-19)23(28)18-6-8-20(24)9-7-18/h3-9,16,19H,10-15H2,1-2H3. The molecule has 1 saturated heterocycles. The van der Waals surface area contributed by atoms with Gasteiger partial charge < -0.3 is 14.5 Å². The molecule has 2 amide bonds. The van der Waals surface area contributed by atoms with E-state index >= 15 is 0 Å². The lowest BCUT2D eigenvalue weighted by Gasteiger charge is -2.33. The normalized spacial score (nSPS) is 14.5. The highest BCUT2D eigenvalue weighted by Crippen LogP contribution is 2.21. The number of carbonyl (C=O) groups excluding carboxylic acids is 2. The van der Waals surface area contributed by atoms with Gasteiger partial charge in [0.1, 0.15) is 18.2 Å². The van der Waals surface area contributed by atoms with Gasteiger partial charge in [-0.05, 0) is 61.7 Å². The molecule has 0 atom stereocenters. The van der Waals surface area contributed by atoms with Gasteiger partial charge in [-0.25, -0.2) is 4.39 Å². The Balaban J connectivity index is 1.44. The number of hydrogen-bond donors (Lipinski definition) is 0. The number of nitrogens with zero attached hydrogens (tertiary/aromatic N) is 2. The van der Waals surface area contributed by atoms with E-state index in [1.165, 1.54) is 24.3 Å². The summed E-state index contributed by atoms with van der Waals surface area (Å²) in [7, 11) is 1.79. The van der Waals surface area contributed by atoms with Crippen LogP contribution < -0.4 is 4.74 Å². The summed E-state index contributed by atoms with van der Waals surface area (Å²) in [6.45, 7) is 4.02. The third-order valence-electron chi connectivity index (χ3n) is 5.28. The van der Waals surface area contributed by atoms with Crippen LogP contribution in [-0.2, 0) is 4.79 Å². The molecular weight excluding hydrogens is 371 g/mol. The maximum absolute atomic E-state index is 13.0. The number of benzene rings is 2. The Labute approximate surface area is 171 Å². The Bertz CT molecular complexity index is 845. The first kappa shape index (κ1) is 20.8. The van der Waals surface area contributed by atoms with Gasteiger partial charge in [-0.2, -0.15) is 0 Å². The molecule has 2 aromatic carbocycles. The van der Waals surface area contributed by atoms with Crippen LogP contribution in [0.5, 0.6) is 5.75 Å². The molecule has 3 rings (SSSR count). The number of hydrogen-bond acceptors (Lipinski definition) is 3. The van der Waals surface area contributed by atoms with Gasteiger partial charge in [-0.15, -0.1) is 0 Å². The molecule has 154 valence electrons. The quantitative estimate of drug-likeness (QED) is 0.748. The molecule has 2 aromatic rings. The maximum atomic E-state index is 13.0. The fraction of sp³-hybridized carbons (Fsp3) is 0.391. The van der Waals surface area contributed by atoms with Gasteiger partial charge in [-0.1, -0.05) is 12.1 Å². The first-order valence-corrected chi connectivity index (χ1v) is 9.93. The van der Waals surface area contributed by atoms with Crippen LogP contribution in [0.4, 0.5) is 4.39 Å². The number of piperidine rings is 1. The van der Waals surface area contributed by atoms with E-state index in [9.17, 15) is 14.0 Å². The number of rotatable bonds is 6. The molecule has 1 aliphatic heterocycles. The van der Waals surface area contributed by atoms with Crippen LogP contribution >= 0.6 is 0 Å². The largest absolute Gasteiger partial charge is 0.492 e. The maximum Gasteiger partial charge on any atom is 0.253 e. The number of likely N-dealkylation sites (tertiary alicyclic amines) is 1. The van der Waals surface area contributed by atoms with Crippen LogP contribution in [0.2, 0.25) is 0 Å². The average Bonchev–Trinajstić information content (AvgIpc) is 2.73. The van der Waals surface area contributed by atoms with Crippen LogP contribution in [0, 0.1) is 18.7 Å². The molecule has 0 saturated carbocycles. The summed E-state index contributed by atoms with van der Waals surface area (Å²) in [6.07, 6.45) is 1.27. The van der Waals surface area contributed by atoms with E-state index in [0.29, 0.717) is 44.6 Å². The Morgan fingerprint density at radius 1 is 1.14 bits per heavy atom. The molecule has 6 heteroatoms. The van der Waals surface area contributed by atoms with Gasteiger partial charge in [0.25, 0.3) is 5.91 Å². The first-order valence-electron chi connectivity index (χ1n) is 9.93. The van der Waals surface area contributed by atoms with Crippen molar-refractivity contribution in [2.75, 3.05) is 33.3 Å². The average molecular weight is 398 g/mol. The smallest absolute Gasteiger partial charge is 0.253 e. The van der Waals surface area contributed by atoms with Crippen LogP contribution in [0.25, 0.3) is 0 Å². The van der Waals surface area contributed by atoms with E-state index in [1.54, 1.807) is 16.8 Å². The molecule has 0 aromatic heterocycles. The van der Waals surface area contributed by atoms with Crippen LogP contribution in [-0.4, -0.2) is 54.9 Å². The number of aryl methyl sites for hydroxylation is 1. The minimum absolute atomic E-state index is 0.0868. The fourth-order valence-corrected chi connectivity index (χ4v) is 3.53.